The van der Waals surface area contributed by atoms with E-state index in [1.807, 2.05) is 42.5 Å². The summed E-state index contributed by atoms with van der Waals surface area (Å²) in [5, 5.41) is 6.13. The lowest BCUT2D eigenvalue weighted by Gasteiger charge is -2.11. The largest absolute Gasteiger partial charge is 0.379 e. The summed E-state index contributed by atoms with van der Waals surface area (Å²) in [6.07, 6.45) is 0. The van der Waals surface area contributed by atoms with Crippen LogP contribution in [0.3, 0.4) is 0 Å². The third-order valence-corrected chi connectivity index (χ3v) is 4.03. The van der Waals surface area contributed by atoms with Crippen LogP contribution < -0.4 is 10.6 Å². The molecule has 0 bridgehead atoms. The second-order valence-corrected chi connectivity index (χ2v) is 6.04. The Morgan fingerprint density at radius 1 is 1.05 bits per heavy atom. The molecule has 0 heterocycles. The smallest absolute Gasteiger partial charge is 0.221 e. The van der Waals surface area contributed by atoms with Gasteiger partial charge in [0.2, 0.25) is 5.91 Å². The van der Waals surface area contributed by atoms with E-state index in [1.165, 1.54) is 6.92 Å². The number of benzene rings is 2. The Morgan fingerprint density at radius 2 is 1.65 bits per heavy atom. The minimum atomic E-state index is -0.0620. The summed E-state index contributed by atoms with van der Waals surface area (Å²) >= 11 is 7.04. The van der Waals surface area contributed by atoms with Crippen LogP contribution >= 0.6 is 31.9 Å². The lowest BCUT2D eigenvalue weighted by atomic mass is 10.2. The van der Waals surface area contributed by atoms with Crippen LogP contribution in [0.2, 0.25) is 0 Å². The van der Waals surface area contributed by atoms with E-state index in [4.69, 9.17) is 0 Å². The van der Waals surface area contributed by atoms with Gasteiger partial charge in [-0.2, -0.15) is 0 Å². The molecule has 0 saturated carbocycles. The van der Waals surface area contributed by atoms with Gasteiger partial charge >= 0.3 is 0 Å². The van der Waals surface area contributed by atoms with Crippen LogP contribution in [0.4, 0.5) is 11.4 Å². The van der Waals surface area contributed by atoms with Crippen LogP contribution in [0.15, 0.2) is 51.4 Å². The monoisotopic (exact) mass is 396 g/mol. The van der Waals surface area contributed by atoms with Crippen LogP contribution in [0.25, 0.3) is 0 Å². The van der Waals surface area contributed by atoms with E-state index in [0.717, 1.165) is 25.9 Å². The third-order valence-electron chi connectivity index (χ3n) is 2.71. The molecule has 2 rings (SSSR count). The van der Waals surface area contributed by atoms with Crippen LogP contribution in [0.1, 0.15) is 12.5 Å². The number of carbonyl (C=O) groups excluding carboxylic acids is 1. The van der Waals surface area contributed by atoms with Crippen LogP contribution in [0, 0.1) is 0 Å². The zero-order valence-corrected chi connectivity index (χ0v) is 14.1. The second-order valence-electron chi connectivity index (χ2n) is 4.33. The highest BCUT2D eigenvalue weighted by Crippen LogP contribution is 2.30. The molecule has 1 amide bonds. The molecule has 0 aliphatic rings. The average Bonchev–Trinajstić information content (AvgIpc) is 2.39. The first-order chi connectivity index (χ1) is 9.56. The van der Waals surface area contributed by atoms with E-state index in [2.05, 4.69) is 42.5 Å². The molecular weight excluding hydrogens is 384 g/mol. The second kappa shape index (κ2) is 6.90. The molecule has 0 fully saturated rings. The molecule has 3 nitrogen and oxygen atoms in total. The molecular formula is C15H14Br2N2O. The summed E-state index contributed by atoms with van der Waals surface area (Å²) in [7, 11) is 0. The van der Waals surface area contributed by atoms with Crippen molar-refractivity contribution in [1.82, 2.24) is 0 Å². The zero-order valence-electron chi connectivity index (χ0n) is 10.9. The van der Waals surface area contributed by atoms with Gasteiger partial charge in [0.05, 0.1) is 5.69 Å². The fourth-order valence-corrected chi connectivity index (χ4v) is 3.05. The van der Waals surface area contributed by atoms with Gasteiger partial charge in [-0.15, -0.1) is 0 Å². The molecule has 0 atom stereocenters. The predicted molar refractivity (Wildman–Crippen MR) is 89.9 cm³/mol. The quantitative estimate of drug-likeness (QED) is 0.779. The van der Waals surface area contributed by atoms with Crippen molar-refractivity contribution in [3.8, 4) is 0 Å². The molecule has 20 heavy (non-hydrogen) atoms. The first kappa shape index (κ1) is 15.1. The van der Waals surface area contributed by atoms with Crippen LogP contribution in [-0.2, 0) is 11.3 Å². The van der Waals surface area contributed by atoms with Crippen molar-refractivity contribution in [3.05, 3.63) is 57.0 Å². The molecule has 0 spiro atoms. The summed E-state index contributed by atoms with van der Waals surface area (Å²) in [5.41, 5.74) is 2.98. The lowest BCUT2D eigenvalue weighted by molar-refractivity contribution is -0.114. The number of halogens is 2. The number of hydrogen-bond donors (Lipinski definition) is 2. The molecule has 0 unspecified atom stereocenters. The first-order valence-corrected chi connectivity index (χ1v) is 7.69. The maximum Gasteiger partial charge on any atom is 0.221 e. The molecule has 2 aromatic rings. The Kier molecular flexibility index (Phi) is 5.20. The summed E-state index contributed by atoms with van der Waals surface area (Å²) in [6, 6.07) is 13.7. The van der Waals surface area contributed by atoms with Crippen LogP contribution in [-0.4, -0.2) is 5.91 Å². The highest BCUT2D eigenvalue weighted by atomic mass is 79.9. The van der Waals surface area contributed by atoms with Crippen molar-refractivity contribution in [2.45, 2.75) is 13.5 Å². The lowest BCUT2D eigenvalue weighted by Crippen LogP contribution is -2.06. The van der Waals surface area contributed by atoms with Crippen LogP contribution in [0.5, 0.6) is 0 Å². The third kappa shape index (κ3) is 4.08. The number of anilines is 2. The van der Waals surface area contributed by atoms with Crippen molar-refractivity contribution in [1.29, 1.82) is 0 Å². The van der Waals surface area contributed by atoms with Gasteiger partial charge < -0.3 is 10.6 Å². The molecule has 0 aromatic heterocycles. The summed E-state index contributed by atoms with van der Waals surface area (Å²) in [5.74, 6) is -0.0620. The minimum Gasteiger partial charge on any atom is -0.379 e. The average molecular weight is 398 g/mol. The molecule has 0 aliphatic heterocycles. The van der Waals surface area contributed by atoms with Crippen molar-refractivity contribution >= 4 is 49.1 Å². The van der Waals surface area contributed by atoms with Crippen molar-refractivity contribution in [3.63, 3.8) is 0 Å². The highest BCUT2D eigenvalue weighted by Gasteiger charge is 2.04. The normalized spacial score (nSPS) is 10.2. The molecule has 104 valence electrons. The number of rotatable bonds is 4. The summed E-state index contributed by atoms with van der Waals surface area (Å²) < 4.78 is 2.03. The van der Waals surface area contributed by atoms with Gasteiger partial charge in [0.15, 0.2) is 0 Å². The number of para-hydroxylation sites is 1. The summed E-state index contributed by atoms with van der Waals surface area (Å²) in [6.45, 7) is 2.21. The zero-order chi connectivity index (χ0) is 14.5. The Hall–Kier alpha value is -1.33. The van der Waals surface area contributed by atoms with E-state index < -0.39 is 0 Å². The molecule has 2 aromatic carbocycles. The summed E-state index contributed by atoms with van der Waals surface area (Å²) in [4.78, 5) is 10.9. The standard InChI is InChI=1S/C15H14Br2N2O/c1-10(20)19-12-7-5-11(6-8-12)9-18-15-13(16)3-2-4-14(15)17/h2-8,18H,9H2,1H3,(H,19,20). The van der Waals surface area contributed by atoms with E-state index in [1.54, 1.807) is 0 Å². The maximum absolute atomic E-state index is 10.9. The van der Waals surface area contributed by atoms with Gasteiger partial charge in [0, 0.05) is 28.1 Å². The van der Waals surface area contributed by atoms with Crippen molar-refractivity contribution in [2.75, 3.05) is 10.6 Å². The van der Waals surface area contributed by atoms with Crippen molar-refractivity contribution in [2.24, 2.45) is 0 Å². The fraction of sp³-hybridized carbons (Fsp3) is 0.133. The van der Waals surface area contributed by atoms with Gasteiger partial charge in [0.25, 0.3) is 0 Å². The van der Waals surface area contributed by atoms with Crippen molar-refractivity contribution < 1.29 is 4.79 Å². The Balaban J connectivity index is 2.02. The number of nitrogens with one attached hydrogen (secondary N) is 2. The SMILES string of the molecule is CC(=O)Nc1ccc(CNc2c(Br)cccc2Br)cc1. The maximum atomic E-state index is 10.9. The highest BCUT2D eigenvalue weighted by molar-refractivity contribution is 9.11. The predicted octanol–water partition coefficient (Wildman–Crippen LogP) is 4.78. The topological polar surface area (TPSA) is 41.1 Å². The molecule has 0 radical (unpaired) electrons. The van der Waals surface area contributed by atoms with Gasteiger partial charge in [-0.3, -0.25) is 4.79 Å². The van der Waals surface area contributed by atoms with Gasteiger partial charge in [0.1, 0.15) is 0 Å². The Bertz CT molecular complexity index is 592. The Labute approximate surface area is 135 Å². The van der Waals surface area contributed by atoms with E-state index in [-0.39, 0.29) is 5.91 Å². The minimum absolute atomic E-state index is 0.0620. The number of hydrogen-bond acceptors (Lipinski definition) is 2. The molecule has 0 saturated heterocycles. The fourth-order valence-electron chi connectivity index (χ4n) is 1.77. The van der Waals surface area contributed by atoms with E-state index >= 15 is 0 Å². The van der Waals surface area contributed by atoms with Gasteiger partial charge in [-0.05, 0) is 61.7 Å². The molecule has 5 heteroatoms. The Morgan fingerprint density at radius 3 is 2.20 bits per heavy atom. The number of amides is 1. The van der Waals surface area contributed by atoms with E-state index in [9.17, 15) is 4.79 Å². The van der Waals surface area contributed by atoms with E-state index in [0.29, 0.717) is 6.54 Å². The van der Waals surface area contributed by atoms with Gasteiger partial charge in [-0.1, -0.05) is 18.2 Å². The molecule has 2 N–H and O–H groups in total. The number of carbonyl (C=O) groups is 1. The first-order valence-electron chi connectivity index (χ1n) is 6.10. The molecule has 0 aliphatic carbocycles. The van der Waals surface area contributed by atoms with Gasteiger partial charge in [-0.25, -0.2) is 0 Å².